The molecule has 1 N–H and O–H groups in total. The molecule has 1 fully saturated rings. The zero-order chi connectivity index (χ0) is 25.2. The summed E-state index contributed by atoms with van der Waals surface area (Å²) in [5.41, 5.74) is 6.13. The summed E-state index contributed by atoms with van der Waals surface area (Å²) in [6.07, 6.45) is 7.04. The van der Waals surface area contributed by atoms with Crippen molar-refractivity contribution in [3.63, 3.8) is 0 Å². The fraction of sp³-hybridized carbons (Fsp3) is 0.379. The second kappa shape index (κ2) is 13.2. The van der Waals surface area contributed by atoms with Crippen LogP contribution in [-0.2, 0) is 27.2 Å². The second-order valence-electron chi connectivity index (χ2n) is 9.03. The Bertz CT molecular complexity index is 1090. The number of aliphatic hydroxyl groups excluding tert-OH is 1. The van der Waals surface area contributed by atoms with E-state index < -0.39 is 6.61 Å². The van der Waals surface area contributed by atoms with Crippen LogP contribution in [0.1, 0.15) is 28.7 Å². The first-order valence-electron chi connectivity index (χ1n) is 12.5. The predicted octanol–water partition coefficient (Wildman–Crippen LogP) is 3.56. The molecule has 2 aliphatic rings. The molecule has 0 unspecified atom stereocenters. The van der Waals surface area contributed by atoms with Crippen LogP contribution < -0.4 is 0 Å². The SMILES string of the molecule is O=C(/C=C/c1ccc(CN(CCOC(=O)N2CCOCC2)CCC2=CCc3ccccc32)cc1)CO. The lowest BCUT2D eigenvalue weighted by Crippen LogP contribution is -2.41. The van der Waals surface area contributed by atoms with Crippen molar-refractivity contribution >= 4 is 23.5 Å². The Morgan fingerprint density at radius 3 is 2.61 bits per heavy atom. The molecule has 0 saturated carbocycles. The summed E-state index contributed by atoms with van der Waals surface area (Å²) in [6.45, 7) is 4.30. The Hall–Kier alpha value is -3.26. The van der Waals surface area contributed by atoms with Gasteiger partial charge in [-0.05, 0) is 46.7 Å². The van der Waals surface area contributed by atoms with Gasteiger partial charge < -0.3 is 19.5 Å². The van der Waals surface area contributed by atoms with E-state index in [1.54, 1.807) is 11.0 Å². The van der Waals surface area contributed by atoms with E-state index in [9.17, 15) is 9.59 Å². The third-order valence-electron chi connectivity index (χ3n) is 6.53. The quantitative estimate of drug-likeness (QED) is 0.486. The summed E-state index contributed by atoms with van der Waals surface area (Å²) in [5, 5.41) is 8.87. The Morgan fingerprint density at radius 1 is 1.06 bits per heavy atom. The highest BCUT2D eigenvalue weighted by Crippen LogP contribution is 2.29. The number of carbonyl (C=O) groups excluding carboxylic acids is 2. The van der Waals surface area contributed by atoms with Gasteiger partial charge in [0.1, 0.15) is 13.2 Å². The van der Waals surface area contributed by atoms with Crippen LogP contribution in [0.5, 0.6) is 0 Å². The molecule has 0 bridgehead atoms. The Kier molecular flexibility index (Phi) is 9.44. The number of benzene rings is 2. The molecule has 4 rings (SSSR count). The normalized spacial score (nSPS) is 15.3. The Morgan fingerprint density at radius 2 is 1.83 bits per heavy atom. The monoisotopic (exact) mass is 490 g/mol. The number of fused-ring (bicyclic) bond motifs is 1. The first-order chi connectivity index (χ1) is 17.6. The lowest BCUT2D eigenvalue weighted by atomic mass is 10.0. The average Bonchev–Trinajstić information content (AvgIpc) is 3.34. The minimum atomic E-state index is -0.486. The van der Waals surface area contributed by atoms with Gasteiger partial charge in [-0.2, -0.15) is 0 Å². The number of hydrogen-bond acceptors (Lipinski definition) is 6. The number of ketones is 1. The number of allylic oxidation sites excluding steroid dienone is 1. The first-order valence-corrected chi connectivity index (χ1v) is 12.5. The van der Waals surface area contributed by atoms with Crippen LogP contribution in [-0.4, -0.2) is 79.4 Å². The van der Waals surface area contributed by atoms with Crippen molar-refractivity contribution in [3.8, 4) is 0 Å². The number of carbonyl (C=O) groups is 2. The summed E-state index contributed by atoms with van der Waals surface area (Å²) < 4.78 is 10.9. The van der Waals surface area contributed by atoms with Crippen molar-refractivity contribution in [1.29, 1.82) is 0 Å². The largest absolute Gasteiger partial charge is 0.448 e. The number of aliphatic hydroxyl groups is 1. The number of hydrogen-bond donors (Lipinski definition) is 1. The molecule has 2 aromatic carbocycles. The topological polar surface area (TPSA) is 79.3 Å². The maximum absolute atomic E-state index is 12.4. The summed E-state index contributed by atoms with van der Waals surface area (Å²) in [4.78, 5) is 27.7. The van der Waals surface area contributed by atoms with Gasteiger partial charge in [0.05, 0.1) is 13.2 Å². The van der Waals surface area contributed by atoms with E-state index in [1.807, 2.05) is 24.3 Å². The molecule has 0 atom stereocenters. The lowest BCUT2D eigenvalue weighted by molar-refractivity contribution is -0.117. The fourth-order valence-electron chi connectivity index (χ4n) is 4.47. The van der Waals surface area contributed by atoms with E-state index in [4.69, 9.17) is 14.6 Å². The number of nitrogens with zero attached hydrogens (tertiary/aromatic N) is 2. The molecule has 7 nitrogen and oxygen atoms in total. The summed E-state index contributed by atoms with van der Waals surface area (Å²) in [5.74, 6) is -0.320. The molecule has 1 aliphatic carbocycles. The van der Waals surface area contributed by atoms with Gasteiger partial charge in [0.2, 0.25) is 0 Å². The maximum Gasteiger partial charge on any atom is 0.409 e. The molecule has 2 aromatic rings. The van der Waals surface area contributed by atoms with Crippen LogP contribution in [0.25, 0.3) is 11.6 Å². The molecule has 1 saturated heterocycles. The van der Waals surface area contributed by atoms with Crippen molar-refractivity contribution in [3.05, 3.63) is 82.9 Å². The third kappa shape index (κ3) is 7.37. The zero-order valence-corrected chi connectivity index (χ0v) is 20.6. The summed E-state index contributed by atoms with van der Waals surface area (Å²) >= 11 is 0. The Labute approximate surface area is 212 Å². The molecule has 0 radical (unpaired) electrons. The van der Waals surface area contributed by atoms with Crippen LogP contribution in [0, 0.1) is 0 Å². The molecule has 0 aromatic heterocycles. The number of rotatable bonds is 11. The van der Waals surface area contributed by atoms with E-state index in [-0.39, 0.29) is 11.9 Å². The highest BCUT2D eigenvalue weighted by molar-refractivity contribution is 5.94. The standard InChI is InChI=1S/C29H34N2O5/c32-22-27(33)12-9-23-5-7-24(8-6-23)21-30(15-20-36-29(34)31-16-18-35-19-17-31)14-13-26-11-10-25-3-1-2-4-28(25)26/h1-9,11-12,32H,10,13-22H2/b12-9+. The van der Waals surface area contributed by atoms with Crippen LogP contribution in [0.15, 0.2) is 60.7 Å². The minimum Gasteiger partial charge on any atom is -0.448 e. The minimum absolute atomic E-state index is 0.278. The van der Waals surface area contributed by atoms with E-state index in [0.717, 1.165) is 37.1 Å². The van der Waals surface area contributed by atoms with Gasteiger partial charge in [0, 0.05) is 32.7 Å². The van der Waals surface area contributed by atoms with Crippen molar-refractivity contribution < 1.29 is 24.2 Å². The molecule has 1 aliphatic heterocycles. The zero-order valence-electron chi connectivity index (χ0n) is 20.6. The van der Waals surface area contributed by atoms with Gasteiger partial charge in [-0.25, -0.2) is 4.79 Å². The van der Waals surface area contributed by atoms with Crippen molar-refractivity contribution in [2.75, 3.05) is 52.6 Å². The molecule has 7 heteroatoms. The molecular weight excluding hydrogens is 456 g/mol. The molecular formula is C29H34N2O5. The fourth-order valence-corrected chi connectivity index (χ4v) is 4.47. The molecule has 1 heterocycles. The average molecular weight is 491 g/mol. The van der Waals surface area contributed by atoms with Gasteiger partial charge in [-0.15, -0.1) is 0 Å². The molecule has 0 spiro atoms. The van der Waals surface area contributed by atoms with Crippen LogP contribution in [0.2, 0.25) is 0 Å². The molecule has 36 heavy (non-hydrogen) atoms. The van der Waals surface area contributed by atoms with E-state index in [2.05, 4.69) is 35.2 Å². The second-order valence-corrected chi connectivity index (χ2v) is 9.03. The van der Waals surface area contributed by atoms with Gasteiger partial charge >= 0.3 is 6.09 Å². The Balaban J connectivity index is 1.35. The van der Waals surface area contributed by atoms with Crippen molar-refractivity contribution in [1.82, 2.24) is 9.80 Å². The van der Waals surface area contributed by atoms with Gasteiger partial charge in [-0.1, -0.05) is 60.7 Å². The maximum atomic E-state index is 12.4. The highest BCUT2D eigenvalue weighted by atomic mass is 16.6. The highest BCUT2D eigenvalue weighted by Gasteiger charge is 2.19. The van der Waals surface area contributed by atoms with Crippen LogP contribution >= 0.6 is 0 Å². The smallest absolute Gasteiger partial charge is 0.409 e. The first kappa shape index (κ1) is 25.8. The van der Waals surface area contributed by atoms with Gasteiger partial charge in [0.15, 0.2) is 5.78 Å². The predicted molar refractivity (Wildman–Crippen MR) is 139 cm³/mol. The van der Waals surface area contributed by atoms with E-state index >= 15 is 0 Å². The molecule has 1 amide bonds. The summed E-state index contributed by atoms with van der Waals surface area (Å²) in [7, 11) is 0. The van der Waals surface area contributed by atoms with Crippen molar-refractivity contribution in [2.45, 2.75) is 19.4 Å². The van der Waals surface area contributed by atoms with Gasteiger partial charge in [-0.3, -0.25) is 9.69 Å². The number of morpholine rings is 1. The van der Waals surface area contributed by atoms with E-state index in [1.165, 1.54) is 22.8 Å². The van der Waals surface area contributed by atoms with Gasteiger partial charge in [0.25, 0.3) is 0 Å². The van der Waals surface area contributed by atoms with Crippen LogP contribution in [0.3, 0.4) is 0 Å². The van der Waals surface area contributed by atoms with Crippen LogP contribution in [0.4, 0.5) is 4.79 Å². The molecule has 190 valence electrons. The van der Waals surface area contributed by atoms with Crippen molar-refractivity contribution in [2.24, 2.45) is 0 Å². The number of amides is 1. The number of ether oxygens (including phenoxy) is 2. The van der Waals surface area contributed by atoms with E-state index in [0.29, 0.717) is 39.5 Å². The third-order valence-corrected chi connectivity index (χ3v) is 6.53. The lowest BCUT2D eigenvalue weighted by Gasteiger charge is -2.27. The summed E-state index contributed by atoms with van der Waals surface area (Å²) in [6, 6.07) is 16.6.